The molecule has 1 saturated carbocycles. The Bertz CT molecular complexity index is 600. The Hall–Kier alpha value is -1.63. The van der Waals surface area contributed by atoms with E-state index in [9.17, 15) is 0 Å². The van der Waals surface area contributed by atoms with E-state index in [1.54, 1.807) is 0 Å². The van der Waals surface area contributed by atoms with Gasteiger partial charge in [0.2, 0.25) is 5.89 Å². The van der Waals surface area contributed by atoms with Crippen molar-refractivity contribution in [3.05, 3.63) is 11.7 Å². The van der Waals surface area contributed by atoms with E-state index in [2.05, 4.69) is 46.4 Å². The summed E-state index contributed by atoms with van der Waals surface area (Å²) in [5.41, 5.74) is 0. The molecule has 0 amide bonds. The highest BCUT2D eigenvalue weighted by Gasteiger charge is 2.26. The highest BCUT2D eigenvalue weighted by atomic mass is 16.5. The first-order valence-electron chi connectivity index (χ1n) is 11.3. The molecule has 2 aliphatic rings. The average Bonchev–Trinajstić information content (AvgIpc) is 3.19. The minimum Gasteiger partial charge on any atom is -0.357 e. The van der Waals surface area contributed by atoms with Gasteiger partial charge in [-0.05, 0) is 32.6 Å². The molecule has 0 unspecified atom stereocenters. The van der Waals surface area contributed by atoms with Gasteiger partial charge in [-0.1, -0.05) is 38.3 Å². The van der Waals surface area contributed by atoms with Gasteiger partial charge in [-0.25, -0.2) is 0 Å². The fourth-order valence-electron chi connectivity index (χ4n) is 4.24. The molecule has 0 bridgehead atoms. The molecule has 2 heterocycles. The molecular weight excluding hydrogens is 352 g/mol. The van der Waals surface area contributed by atoms with Crippen molar-refractivity contribution < 1.29 is 4.52 Å². The fourth-order valence-corrected chi connectivity index (χ4v) is 4.24. The summed E-state index contributed by atoms with van der Waals surface area (Å²) in [7, 11) is 0. The molecule has 1 saturated heterocycles. The van der Waals surface area contributed by atoms with Crippen LogP contribution in [0.5, 0.6) is 0 Å². The summed E-state index contributed by atoms with van der Waals surface area (Å²) in [5, 5.41) is 11.0. The van der Waals surface area contributed by atoms with Crippen LogP contribution in [0.3, 0.4) is 0 Å². The topological polar surface area (TPSA) is 78.6 Å². The zero-order valence-corrected chi connectivity index (χ0v) is 17.9. The second-order valence-electron chi connectivity index (χ2n) is 8.46. The van der Waals surface area contributed by atoms with Gasteiger partial charge in [-0.2, -0.15) is 4.98 Å². The lowest BCUT2D eigenvalue weighted by Gasteiger charge is -2.39. The first-order valence-corrected chi connectivity index (χ1v) is 11.3. The molecule has 7 heteroatoms. The number of rotatable bonds is 7. The van der Waals surface area contributed by atoms with Crippen LogP contribution in [0.4, 0.5) is 0 Å². The van der Waals surface area contributed by atoms with Crippen molar-refractivity contribution in [2.45, 2.75) is 90.1 Å². The third-order valence-electron chi connectivity index (χ3n) is 5.90. The molecule has 7 nitrogen and oxygen atoms in total. The van der Waals surface area contributed by atoms with Crippen LogP contribution in [0.25, 0.3) is 0 Å². The minimum atomic E-state index is 0.291. The number of nitrogens with one attached hydrogen (secondary N) is 2. The number of hydrogen-bond acceptors (Lipinski definition) is 5. The maximum atomic E-state index is 5.31. The van der Waals surface area contributed by atoms with E-state index in [0.717, 1.165) is 24.4 Å². The number of likely N-dealkylation sites (tertiary alicyclic amines) is 1. The number of aromatic nitrogens is 2. The molecule has 0 atom stereocenters. The predicted molar refractivity (Wildman–Crippen MR) is 113 cm³/mol. The van der Waals surface area contributed by atoms with E-state index in [0.29, 0.717) is 30.8 Å². The van der Waals surface area contributed by atoms with Gasteiger partial charge in [0.1, 0.15) is 0 Å². The standard InChI is InChI=1S/C21H38N6O/c1-4-22-21(23-13-10-19-25-20(16(2)3)26-28-19)24-17-11-14-27(15-12-17)18-8-6-5-7-9-18/h16-18H,4-15H2,1-3H3,(H2,22,23,24). The molecule has 28 heavy (non-hydrogen) atoms. The van der Waals surface area contributed by atoms with Crippen LogP contribution in [0.15, 0.2) is 9.52 Å². The van der Waals surface area contributed by atoms with Crippen LogP contribution in [0.1, 0.15) is 83.3 Å². The van der Waals surface area contributed by atoms with Crippen molar-refractivity contribution in [3.8, 4) is 0 Å². The number of piperidine rings is 1. The Labute approximate surface area is 169 Å². The van der Waals surface area contributed by atoms with Crippen molar-refractivity contribution in [3.63, 3.8) is 0 Å². The van der Waals surface area contributed by atoms with Gasteiger partial charge in [0.25, 0.3) is 0 Å². The molecule has 3 rings (SSSR count). The molecule has 1 aliphatic heterocycles. The normalized spacial score (nSPS) is 20.6. The molecular formula is C21H38N6O. The quantitative estimate of drug-likeness (QED) is 0.550. The van der Waals surface area contributed by atoms with E-state index in [1.165, 1.54) is 58.0 Å². The molecule has 2 fully saturated rings. The second kappa shape index (κ2) is 10.8. The first kappa shape index (κ1) is 21.1. The summed E-state index contributed by atoms with van der Waals surface area (Å²) in [6.45, 7) is 10.2. The van der Waals surface area contributed by atoms with Crippen LogP contribution in [0, 0.1) is 0 Å². The van der Waals surface area contributed by atoms with Crippen molar-refractivity contribution >= 4 is 5.96 Å². The molecule has 2 N–H and O–H groups in total. The Morgan fingerprint density at radius 3 is 2.57 bits per heavy atom. The van der Waals surface area contributed by atoms with Crippen LogP contribution in [0.2, 0.25) is 0 Å². The Balaban J connectivity index is 1.44. The molecule has 0 radical (unpaired) electrons. The minimum absolute atomic E-state index is 0.291. The monoisotopic (exact) mass is 390 g/mol. The molecule has 1 aromatic rings. The zero-order valence-electron chi connectivity index (χ0n) is 17.9. The van der Waals surface area contributed by atoms with Gasteiger partial charge >= 0.3 is 0 Å². The Kier molecular flexibility index (Phi) is 8.13. The number of nitrogens with zero attached hydrogens (tertiary/aromatic N) is 4. The van der Waals surface area contributed by atoms with Crippen molar-refractivity contribution in [1.29, 1.82) is 0 Å². The second-order valence-corrected chi connectivity index (χ2v) is 8.46. The lowest BCUT2D eigenvalue weighted by Crippen LogP contribution is -2.51. The lowest BCUT2D eigenvalue weighted by molar-refractivity contribution is 0.119. The van der Waals surface area contributed by atoms with Gasteiger partial charge in [0.15, 0.2) is 11.8 Å². The van der Waals surface area contributed by atoms with Crippen LogP contribution >= 0.6 is 0 Å². The maximum Gasteiger partial charge on any atom is 0.228 e. The molecule has 0 spiro atoms. The Morgan fingerprint density at radius 1 is 1.18 bits per heavy atom. The van der Waals surface area contributed by atoms with Crippen LogP contribution < -0.4 is 10.6 Å². The highest BCUT2D eigenvalue weighted by Crippen LogP contribution is 2.25. The maximum absolute atomic E-state index is 5.31. The third kappa shape index (κ3) is 6.19. The number of guanidine groups is 1. The summed E-state index contributed by atoms with van der Waals surface area (Å²) in [4.78, 5) is 11.9. The third-order valence-corrected chi connectivity index (χ3v) is 5.90. The first-order chi connectivity index (χ1) is 13.7. The fraction of sp³-hybridized carbons (Fsp3) is 0.857. The van der Waals surface area contributed by atoms with Crippen LogP contribution in [-0.4, -0.2) is 59.3 Å². The van der Waals surface area contributed by atoms with Gasteiger partial charge in [0, 0.05) is 44.1 Å². The van der Waals surface area contributed by atoms with Gasteiger partial charge < -0.3 is 20.1 Å². The lowest BCUT2D eigenvalue weighted by atomic mass is 9.92. The highest BCUT2D eigenvalue weighted by molar-refractivity contribution is 5.80. The summed E-state index contributed by atoms with van der Waals surface area (Å²) < 4.78 is 5.31. The SMILES string of the molecule is CCNC(=NCCc1nc(C(C)C)no1)NC1CCN(C2CCCCC2)CC1. The Morgan fingerprint density at radius 2 is 1.93 bits per heavy atom. The van der Waals surface area contributed by atoms with Crippen molar-refractivity contribution in [2.75, 3.05) is 26.2 Å². The molecule has 158 valence electrons. The molecule has 0 aromatic carbocycles. The number of aliphatic imine (C=N–C) groups is 1. The molecule has 1 aromatic heterocycles. The van der Waals surface area contributed by atoms with E-state index >= 15 is 0 Å². The largest absolute Gasteiger partial charge is 0.357 e. The van der Waals surface area contributed by atoms with Gasteiger partial charge in [-0.15, -0.1) is 0 Å². The predicted octanol–water partition coefficient (Wildman–Crippen LogP) is 3.09. The zero-order chi connectivity index (χ0) is 19.8. The molecule has 1 aliphatic carbocycles. The number of hydrogen-bond donors (Lipinski definition) is 2. The van der Waals surface area contributed by atoms with E-state index in [1.807, 2.05) is 0 Å². The summed E-state index contributed by atoms with van der Waals surface area (Å²) in [5.74, 6) is 2.64. The van der Waals surface area contributed by atoms with Crippen molar-refractivity contribution in [1.82, 2.24) is 25.7 Å². The smallest absolute Gasteiger partial charge is 0.228 e. The van der Waals surface area contributed by atoms with Gasteiger partial charge in [-0.3, -0.25) is 4.99 Å². The van der Waals surface area contributed by atoms with Gasteiger partial charge in [0.05, 0.1) is 6.54 Å². The summed E-state index contributed by atoms with van der Waals surface area (Å²) in [6, 6.07) is 1.34. The summed E-state index contributed by atoms with van der Waals surface area (Å²) >= 11 is 0. The van der Waals surface area contributed by atoms with E-state index in [-0.39, 0.29) is 0 Å². The van der Waals surface area contributed by atoms with E-state index in [4.69, 9.17) is 9.52 Å². The average molecular weight is 391 g/mol. The van der Waals surface area contributed by atoms with Crippen LogP contribution in [-0.2, 0) is 6.42 Å². The summed E-state index contributed by atoms with van der Waals surface area (Å²) in [6.07, 6.45) is 10.1. The van der Waals surface area contributed by atoms with Crippen molar-refractivity contribution in [2.24, 2.45) is 4.99 Å². The van der Waals surface area contributed by atoms with E-state index < -0.39 is 0 Å².